The fourth-order valence-corrected chi connectivity index (χ4v) is 4.56. The van der Waals surface area contributed by atoms with Gasteiger partial charge in [-0.1, -0.05) is 31.5 Å². The summed E-state index contributed by atoms with van der Waals surface area (Å²) in [5, 5.41) is 4.13. The van der Waals surface area contributed by atoms with Crippen LogP contribution in [0.4, 0.5) is 5.69 Å². The van der Waals surface area contributed by atoms with Crippen molar-refractivity contribution in [1.29, 1.82) is 0 Å². The first kappa shape index (κ1) is 19.1. The maximum atomic E-state index is 12.3. The predicted octanol–water partition coefficient (Wildman–Crippen LogP) is 2.75. The Bertz CT molecular complexity index is 649. The van der Waals surface area contributed by atoms with Crippen LogP contribution < -0.4 is 11.1 Å². The molecule has 2 fully saturated rings. The molecule has 26 heavy (non-hydrogen) atoms. The molecule has 6 heteroatoms. The highest BCUT2D eigenvalue weighted by atomic mass is 32.1. The lowest BCUT2D eigenvalue weighted by Gasteiger charge is -2.48. The predicted molar refractivity (Wildman–Crippen MR) is 110 cm³/mol. The van der Waals surface area contributed by atoms with E-state index >= 15 is 0 Å². The van der Waals surface area contributed by atoms with Crippen LogP contribution in [-0.4, -0.2) is 52.5 Å². The van der Waals surface area contributed by atoms with Crippen molar-refractivity contribution in [3.05, 3.63) is 29.8 Å². The number of anilines is 1. The van der Waals surface area contributed by atoms with Gasteiger partial charge in [0.05, 0.1) is 0 Å². The molecule has 5 nitrogen and oxygen atoms in total. The molecule has 0 atom stereocenters. The Balaban J connectivity index is 1.64. The minimum Gasteiger partial charge on any atom is -0.368 e. The Hall–Kier alpha value is -1.66. The van der Waals surface area contributed by atoms with Crippen molar-refractivity contribution in [2.24, 2.45) is 5.73 Å². The normalized spacial score (nSPS) is 20.6. The zero-order valence-corrected chi connectivity index (χ0v) is 16.5. The molecule has 0 radical (unpaired) electrons. The number of para-hydroxylation sites is 1. The summed E-state index contributed by atoms with van der Waals surface area (Å²) >= 11 is 5.65. The number of hydrogen-bond acceptors (Lipinski definition) is 3. The van der Waals surface area contributed by atoms with Crippen molar-refractivity contribution in [2.45, 2.75) is 51.0 Å². The Kier molecular flexibility index (Phi) is 6.14. The summed E-state index contributed by atoms with van der Waals surface area (Å²) in [6, 6.07) is 8.26. The monoisotopic (exact) mass is 374 g/mol. The van der Waals surface area contributed by atoms with E-state index < -0.39 is 5.54 Å². The lowest BCUT2D eigenvalue weighted by Crippen LogP contribution is -2.64. The molecule has 0 bridgehead atoms. The second-order valence-corrected chi connectivity index (χ2v) is 7.76. The summed E-state index contributed by atoms with van der Waals surface area (Å²) in [5.74, 6) is -0.172. The van der Waals surface area contributed by atoms with Crippen molar-refractivity contribution in [1.82, 2.24) is 9.80 Å². The number of thiocarbonyl (C=S) groups is 1. The summed E-state index contributed by atoms with van der Waals surface area (Å²) in [6.45, 7) is 5.63. The van der Waals surface area contributed by atoms with Crippen LogP contribution in [0.25, 0.3) is 0 Å². The number of benzene rings is 1. The highest BCUT2D eigenvalue weighted by Crippen LogP contribution is 2.32. The van der Waals surface area contributed by atoms with Gasteiger partial charge in [0.15, 0.2) is 5.11 Å². The number of aryl methyl sites for hydroxylation is 1. The third kappa shape index (κ3) is 3.86. The van der Waals surface area contributed by atoms with Crippen LogP contribution in [0.15, 0.2) is 24.3 Å². The number of piperidine rings is 2. The number of carbonyl (C=O) groups excluding carboxylic acids is 1. The quantitative estimate of drug-likeness (QED) is 0.794. The molecule has 2 saturated heterocycles. The van der Waals surface area contributed by atoms with Gasteiger partial charge in [-0.05, 0) is 69.0 Å². The average Bonchev–Trinajstić information content (AvgIpc) is 2.69. The van der Waals surface area contributed by atoms with Gasteiger partial charge in [0.25, 0.3) is 0 Å². The Morgan fingerprint density at radius 2 is 1.81 bits per heavy atom. The van der Waals surface area contributed by atoms with Gasteiger partial charge in [-0.25, -0.2) is 0 Å². The summed E-state index contributed by atoms with van der Waals surface area (Å²) in [6.07, 6.45) is 6.03. The molecule has 0 aromatic heterocycles. The van der Waals surface area contributed by atoms with Crippen LogP contribution >= 0.6 is 12.2 Å². The van der Waals surface area contributed by atoms with Crippen LogP contribution in [0, 0.1) is 0 Å². The fraction of sp³-hybridized carbons (Fsp3) is 0.600. The number of nitrogens with one attached hydrogen (secondary N) is 1. The molecule has 2 aliphatic heterocycles. The lowest BCUT2D eigenvalue weighted by atomic mass is 9.83. The molecule has 0 spiro atoms. The fourth-order valence-electron chi connectivity index (χ4n) is 4.26. The number of carbonyl (C=O) groups is 1. The van der Waals surface area contributed by atoms with Crippen LogP contribution in [-0.2, 0) is 11.2 Å². The molecule has 0 aliphatic carbocycles. The van der Waals surface area contributed by atoms with Crippen molar-refractivity contribution >= 4 is 28.9 Å². The van der Waals surface area contributed by atoms with Gasteiger partial charge in [0, 0.05) is 18.8 Å². The third-order valence-electron chi connectivity index (χ3n) is 5.94. The van der Waals surface area contributed by atoms with Gasteiger partial charge in [-0.2, -0.15) is 0 Å². The average molecular weight is 375 g/mol. The molecule has 0 unspecified atom stereocenters. The van der Waals surface area contributed by atoms with Gasteiger partial charge < -0.3 is 16.0 Å². The summed E-state index contributed by atoms with van der Waals surface area (Å²) in [5.41, 5.74) is 7.70. The molecule has 1 aromatic carbocycles. The molecule has 1 amide bonds. The minimum absolute atomic E-state index is 0.172. The second-order valence-electron chi connectivity index (χ2n) is 7.37. The standard InChI is InChI=1S/C20H30N4OS/c1-2-16-8-4-5-9-17(16)22-19(26)23-14-10-20(11-15-23,18(21)25)24-12-6-3-7-13-24/h4-5,8-9H,2-3,6-7,10-15H2,1H3,(H2,21,25)(H,22,26). The largest absolute Gasteiger partial charge is 0.368 e. The van der Waals surface area contributed by atoms with Crippen molar-refractivity contribution in [2.75, 3.05) is 31.5 Å². The SMILES string of the molecule is CCc1ccccc1NC(=S)N1CCC(C(N)=O)(N2CCCCC2)CC1. The lowest BCUT2D eigenvalue weighted by molar-refractivity contribution is -0.134. The van der Waals surface area contributed by atoms with Gasteiger partial charge in [-0.3, -0.25) is 9.69 Å². The first-order valence-corrected chi connectivity index (χ1v) is 10.2. The smallest absolute Gasteiger partial charge is 0.238 e. The molecule has 3 N–H and O–H groups in total. The zero-order valence-electron chi connectivity index (χ0n) is 15.7. The molecule has 0 saturated carbocycles. The van der Waals surface area contributed by atoms with E-state index in [0.717, 1.165) is 69.1 Å². The van der Waals surface area contributed by atoms with E-state index in [2.05, 4.69) is 34.2 Å². The highest BCUT2D eigenvalue weighted by molar-refractivity contribution is 7.80. The number of rotatable bonds is 4. The molecule has 142 valence electrons. The first-order chi connectivity index (χ1) is 12.6. The van der Waals surface area contributed by atoms with Crippen LogP contribution in [0.3, 0.4) is 0 Å². The maximum Gasteiger partial charge on any atom is 0.238 e. The Morgan fingerprint density at radius 1 is 1.15 bits per heavy atom. The summed E-state index contributed by atoms with van der Waals surface area (Å²) < 4.78 is 0. The van der Waals surface area contributed by atoms with Crippen molar-refractivity contribution in [3.8, 4) is 0 Å². The molecule has 2 aliphatic rings. The van der Waals surface area contributed by atoms with E-state index in [4.69, 9.17) is 18.0 Å². The second kappa shape index (κ2) is 8.35. The number of likely N-dealkylation sites (tertiary alicyclic amines) is 2. The van der Waals surface area contributed by atoms with E-state index in [0.29, 0.717) is 0 Å². The summed E-state index contributed by atoms with van der Waals surface area (Å²) in [7, 11) is 0. The van der Waals surface area contributed by atoms with Crippen LogP contribution in [0.1, 0.15) is 44.6 Å². The number of nitrogens with zero attached hydrogens (tertiary/aromatic N) is 2. The molecule has 2 heterocycles. The maximum absolute atomic E-state index is 12.3. The van der Waals surface area contributed by atoms with Crippen LogP contribution in [0.2, 0.25) is 0 Å². The number of amides is 1. The van der Waals surface area contributed by atoms with E-state index in [1.165, 1.54) is 12.0 Å². The van der Waals surface area contributed by atoms with Gasteiger partial charge in [-0.15, -0.1) is 0 Å². The molecule has 1 aromatic rings. The number of primary amides is 1. The third-order valence-corrected chi connectivity index (χ3v) is 6.30. The molecular formula is C20H30N4OS. The summed E-state index contributed by atoms with van der Waals surface area (Å²) in [4.78, 5) is 16.8. The van der Waals surface area contributed by atoms with E-state index in [1.54, 1.807) is 0 Å². The van der Waals surface area contributed by atoms with E-state index in [9.17, 15) is 4.79 Å². The van der Waals surface area contributed by atoms with Gasteiger partial charge >= 0.3 is 0 Å². The van der Waals surface area contributed by atoms with E-state index in [1.807, 2.05) is 12.1 Å². The van der Waals surface area contributed by atoms with Crippen LogP contribution in [0.5, 0.6) is 0 Å². The van der Waals surface area contributed by atoms with E-state index in [-0.39, 0.29) is 5.91 Å². The highest BCUT2D eigenvalue weighted by Gasteiger charge is 2.45. The molecule has 3 rings (SSSR count). The number of nitrogens with two attached hydrogens (primary N) is 1. The van der Waals surface area contributed by atoms with Gasteiger partial charge in [0.1, 0.15) is 5.54 Å². The molecular weight excluding hydrogens is 344 g/mol. The van der Waals surface area contributed by atoms with Gasteiger partial charge in [0.2, 0.25) is 5.91 Å². The number of hydrogen-bond donors (Lipinski definition) is 2. The van der Waals surface area contributed by atoms with Crippen molar-refractivity contribution in [3.63, 3.8) is 0 Å². The zero-order chi connectivity index (χ0) is 18.6. The topological polar surface area (TPSA) is 61.6 Å². The Labute approximate surface area is 161 Å². The Morgan fingerprint density at radius 3 is 2.42 bits per heavy atom. The minimum atomic E-state index is -0.492. The van der Waals surface area contributed by atoms with Crippen molar-refractivity contribution < 1.29 is 4.79 Å². The first-order valence-electron chi connectivity index (χ1n) is 9.75.